The average molecular weight is 252 g/mol. The summed E-state index contributed by atoms with van der Waals surface area (Å²) >= 11 is 0. The van der Waals surface area contributed by atoms with Gasteiger partial charge in [-0.15, -0.1) is 0 Å². The molecule has 0 radical (unpaired) electrons. The molecule has 0 aromatic heterocycles. The number of esters is 1. The van der Waals surface area contributed by atoms with Gasteiger partial charge < -0.3 is 9.47 Å². The fraction of sp³-hybridized carbons (Fsp3) is 0.300. The Labute approximate surface area is 93.9 Å². The van der Waals surface area contributed by atoms with Gasteiger partial charge in [-0.2, -0.15) is 8.78 Å². The van der Waals surface area contributed by atoms with Crippen molar-refractivity contribution in [3.05, 3.63) is 29.3 Å². The number of hydrogen-bond donors (Lipinski definition) is 0. The van der Waals surface area contributed by atoms with Gasteiger partial charge in [0.1, 0.15) is 5.82 Å². The lowest BCUT2D eigenvalue weighted by molar-refractivity contribution is -0.0523. The molecule has 94 valence electrons. The zero-order chi connectivity index (χ0) is 13.0. The quantitative estimate of drug-likeness (QED) is 0.610. The number of hydrogen-bond acceptors (Lipinski definition) is 3. The smallest absolute Gasteiger partial charge is 0.387 e. The molecule has 0 aliphatic carbocycles. The van der Waals surface area contributed by atoms with Crippen LogP contribution in [0.1, 0.15) is 17.3 Å². The Morgan fingerprint density at radius 2 is 1.94 bits per heavy atom. The number of halogens is 4. The molecule has 0 aliphatic rings. The van der Waals surface area contributed by atoms with Crippen LogP contribution in [0.15, 0.2) is 12.1 Å². The van der Waals surface area contributed by atoms with Crippen molar-refractivity contribution in [3.63, 3.8) is 0 Å². The first-order chi connectivity index (χ1) is 7.95. The Kier molecular flexibility index (Phi) is 4.30. The van der Waals surface area contributed by atoms with Crippen LogP contribution in [-0.4, -0.2) is 19.2 Å². The van der Waals surface area contributed by atoms with E-state index in [9.17, 15) is 22.4 Å². The predicted octanol–water partition coefficient (Wildman–Crippen LogP) is 2.74. The highest BCUT2D eigenvalue weighted by Crippen LogP contribution is 2.23. The number of benzene rings is 1. The van der Waals surface area contributed by atoms with E-state index >= 15 is 0 Å². The maximum atomic E-state index is 13.3. The first-order valence-electron chi connectivity index (χ1n) is 4.56. The molecule has 0 spiro atoms. The van der Waals surface area contributed by atoms with Crippen LogP contribution in [0, 0.1) is 11.6 Å². The standard InChI is InChI=1S/C10H8F4O3/c1-2-16-9(15)5-3-7(12)8(4-6(5)11)17-10(13)14/h3-4,10H,2H2,1H3. The van der Waals surface area contributed by atoms with E-state index < -0.39 is 35.5 Å². The Balaban J connectivity index is 3.04. The molecule has 3 nitrogen and oxygen atoms in total. The predicted molar refractivity (Wildman–Crippen MR) is 48.9 cm³/mol. The van der Waals surface area contributed by atoms with Crippen LogP contribution < -0.4 is 4.74 Å². The van der Waals surface area contributed by atoms with E-state index in [4.69, 9.17) is 0 Å². The number of carbonyl (C=O) groups is 1. The van der Waals surface area contributed by atoms with Crippen molar-refractivity contribution >= 4 is 5.97 Å². The van der Waals surface area contributed by atoms with Crippen molar-refractivity contribution in [3.8, 4) is 5.75 Å². The highest BCUT2D eigenvalue weighted by atomic mass is 19.3. The zero-order valence-corrected chi connectivity index (χ0v) is 8.68. The van der Waals surface area contributed by atoms with Crippen molar-refractivity contribution in [2.75, 3.05) is 6.61 Å². The van der Waals surface area contributed by atoms with Gasteiger partial charge in [-0.25, -0.2) is 13.6 Å². The Morgan fingerprint density at radius 1 is 1.29 bits per heavy atom. The molecule has 0 amide bonds. The topological polar surface area (TPSA) is 35.5 Å². The minimum absolute atomic E-state index is 0.0187. The number of carbonyl (C=O) groups excluding carboxylic acids is 1. The lowest BCUT2D eigenvalue weighted by Gasteiger charge is -2.08. The largest absolute Gasteiger partial charge is 0.462 e. The molecule has 0 heterocycles. The van der Waals surface area contributed by atoms with Gasteiger partial charge in [0, 0.05) is 6.07 Å². The highest BCUT2D eigenvalue weighted by molar-refractivity contribution is 5.89. The number of ether oxygens (including phenoxy) is 2. The summed E-state index contributed by atoms with van der Waals surface area (Å²) in [5, 5.41) is 0. The second-order valence-corrected chi connectivity index (χ2v) is 2.86. The summed E-state index contributed by atoms with van der Waals surface area (Å²) in [6.45, 7) is -1.81. The number of alkyl halides is 2. The minimum atomic E-state index is -3.28. The van der Waals surface area contributed by atoms with Crippen LogP contribution in [0.5, 0.6) is 5.75 Å². The maximum absolute atomic E-state index is 13.3. The summed E-state index contributed by atoms with van der Waals surface area (Å²) in [7, 11) is 0. The van der Waals surface area contributed by atoms with E-state index in [2.05, 4.69) is 9.47 Å². The molecule has 0 bridgehead atoms. The van der Waals surface area contributed by atoms with Crippen molar-refractivity contribution in [1.82, 2.24) is 0 Å². The molecule has 0 unspecified atom stereocenters. The molecule has 1 rings (SSSR count). The van der Waals surface area contributed by atoms with Gasteiger partial charge in [0.05, 0.1) is 12.2 Å². The summed E-state index contributed by atoms with van der Waals surface area (Å²) in [6.07, 6.45) is 0. The fourth-order valence-electron chi connectivity index (χ4n) is 1.08. The van der Waals surface area contributed by atoms with Crippen molar-refractivity contribution < 1.29 is 31.8 Å². The van der Waals surface area contributed by atoms with Gasteiger partial charge in [0.25, 0.3) is 0 Å². The van der Waals surface area contributed by atoms with Crippen LogP contribution in [0.25, 0.3) is 0 Å². The monoisotopic (exact) mass is 252 g/mol. The molecule has 17 heavy (non-hydrogen) atoms. The normalized spacial score (nSPS) is 10.5. The van der Waals surface area contributed by atoms with Crippen LogP contribution >= 0.6 is 0 Å². The highest BCUT2D eigenvalue weighted by Gasteiger charge is 2.19. The molecular formula is C10H8F4O3. The van der Waals surface area contributed by atoms with Crippen LogP contribution in [0.3, 0.4) is 0 Å². The molecule has 1 aromatic carbocycles. The first kappa shape index (κ1) is 13.3. The molecule has 0 N–H and O–H groups in total. The second kappa shape index (κ2) is 5.51. The third kappa shape index (κ3) is 3.33. The number of rotatable bonds is 4. The Bertz CT molecular complexity index is 420. The summed E-state index contributed by atoms with van der Waals surface area (Å²) in [5.74, 6) is -4.51. The zero-order valence-electron chi connectivity index (χ0n) is 8.68. The van der Waals surface area contributed by atoms with Gasteiger partial charge in [-0.3, -0.25) is 0 Å². The van der Waals surface area contributed by atoms with Gasteiger partial charge in [0.2, 0.25) is 0 Å². The van der Waals surface area contributed by atoms with E-state index in [0.29, 0.717) is 12.1 Å². The van der Waals surface area contributed by atoms with Crippen molar-refractivity contribution in [2.24, 2.45) is 0 Å². The van der Waals surface area contributed by atoms with Gasteiger partial charge in [-0.05, 0) is 13.0 Å². The third-order valence-corrected chi connectivity index (χ3v) is 1.73. The lowest BCUT2D eigenvalue weighted by Crippen LogP contribution is -2.10. The fourth-order valence-corrected chi connectivity index (χ4v) is 1.08. The van der Waals surface area contributed by atoms with E-state index in [-0.39, 0.29) is 6.61 Å². The van der Waals surface area contributed by atoms with E-state index in [0.717, 1.165) is 0 Å². The average Bonchev–Trinajstić information content (AvgIpc) is 2.22. The van der Waals surface area contributed by atoms with Crippen LogP contribution in [-0.2, 0) is 4.74 Å². The van der Waals surface area contributed by atoms with Gasteiger partial charge in [-0.1, -0.05) is 0 Å². The summed E-state index contributed by atoms with van der Waals surface area (Å²) in [6, 6.07) is 0.818. The first-order valence-corrected chi connectivity index (χ1v) is 4.56. The summed E-state index contributed by atoms with van der Waals surface area (Å²) in [5.41, 5.74) is -0.675. The van der Waals surface area contributed by atoms with Gasteiger partial charge in [0.15, 0.2) is 11.6 Å². The van der Waals surface area contributed by atoms with Crippen LogP contribution in [0.2, 0.25) is 0 Å². The molecule has 7 heteroatoms. The Morgan fingerprint density at radius 3 is 2.47 bits per heavy atom. The summed E-state index contributed by atoms with van der Waals surface area (Å²) in [4.78, 5) is 11.1. The summed E-state index contributed by atoms with van der Waals surface area (Å²) < 4.78 is 58.2. The van der Waals surface area contributed by atoms with Crippen LogP contribution in [0.4, 0.5) is 17.6 Å². The molecule has 0 atom stereocenters. The van der Waals surface area contributed by atoms with Crippen molar-refractivity contribution in [2.45, 2.75) is 13.5 Å². The van der Waals surface area contributed by atoms with E-state index in [1.165, 1.54) is 6.92 Å². The molecule has 0 aliphatic heterocycles. The molecule has 0 fully saturated rings. The Hall–Kier alpha value is -1.79. The van der Waals surface area contributed by atoms with Gasteiger partial charge >= 0.3 is 12.6 Å². The maximum Gasteiger partial charge on any atom is 0.387 e. The van der Waals surface area contributed by atoms with E-state index in [1.807, 2.05) is 0 Å². The molecule has 0 saturated heterocycles. The molecular weight excluding hydrogens is 244 g/mol. The SMILES string of the molecule is CCOC(=O)c1cc(F)c(OC(F)F)cc1F. The minimum Gasteiger partial charge on any atom is -0.462 e. The third-order valence-electron chi connectivity index (χ3n) is 1.73. The second-order valence-electron chi connectivity index (χ2n) is 2.86. The lowest BCUT2D eigenvalue weighted by atomic mass is 10.2. The molecule has 1 aromatic rings. The van der Waals surface area contributed by atoms with E-state index in [1.54, 1.807) is 0 Å². The van der Waals surface area contributed by atoms with Crippen molar-refractivity contribution in [1.29, 1.82) is 0 Å². The molecule has 0 saturated carbocycles.